The minimum Gasteiger partial charge on any atom is -0.352 e. The van der Waals surface area contributed by atoms with Crippen LogP contribution in [-0.4, -0.2) is 28.5 Å². The zero-order chi connectivity index (χ0) is 13.6. The van der Waals surface area contributed by atoms with Crippen LogP contribution in [0.25, 0.3) is 0 Å². The van der Waals surface area contributed by atoms with E-state index >= 15 is 0 Å². The van der Waals surface area contributed by atoms with Crippen molar-refractivity contribution in [3.05, 3.63) is 0 Å². The molecule has 0 saturated heterocycles. The average molecular weight is 272 g/mol. The first kappa shape index (κ1) is 15.8. The molecule has 3 unspecified atom stereocenters. The molecule has 4 heteroatoms. The van der Waals surface area contributed by atoms with E-state index in [1.165, 1.54) is 12.8 Å². The van der Waals surface area contributed by atoms with Crippen LogP contribution in [0.4, 0.5) is 0 Å². The van der Waals surface area contributed by atoms with E-state index in [2.05, 4.69) is 19.2 Å². The van der Waals surface area contributed by atoms with Crippen molar-refractivity contribution >= 4 is 17.7 Å². The third kappa shape index (κ3) is 4.81. The van der Waals surface area contributed by atoms with E-state index in [0.717, 1.165) is 31.4 Å². The highest BCUT2D eigenvalue weighted by atomic mass is 32.2. The highest BCUT2D eigenvalue weighted by molar-refractivity contribution is 7.99. The number of hydrogen-bond acceptors (Lipinski definition) is 3. The second-order valence-electron chi connectivity index (χ2n) is 5.58. The van der Waals surface area contributed by atoms with Gasteiger partial charge in [0.2, 0.25) is 5.91 Å². The molecular weight excluding hydrogens is 244 g/mol. The predicted octanol–water partition coefficient (Wildman–Crippen LogP) is 2.68. The van der Waals surface area contributed by atoms with Crippen molar-refractivity contribution in [2.24, 2.45) is 5.73 Å². The molecule has 1 aliphatic carbocycles. The first-order valence-corrected chi connectivity index (χ1v) is 8.26. The van der Waals surface area contributed by atoms with Crippen molar-refractivity contribution in [1.82, 2.24) is 5.32 Å². The fourth-order valence-corrected chi connectivity index (χ4v) is 3.82. The Hall–Kier alpha value is -0.220. The zero-order valence-electron chi connectivity index (χ0n) is 12.0. The molecule has 0 aromatic rings. The number of hydrogen-bond donors (Lipinski definition) is 2. The van der Waals surface area contributed by atoms with Crippen molar-refractivity contribution in [3.63, 3.8) is 0 Å². The SMILES string of the molecule is CCCC(C)(N)C(=O)NC1CCCC(SCC)C1. The number of carbonyl (C=O) groups is 1. The number of amides is 1. The predicted molar refractivity (Wildman–Crippen MR) is 79.8 cm³/mol. The molecule has 0 aromatic carbocycles. The lowest BCUT2D eigenvalue weighted by Crippen LogP contribution is -2.54. The Morgan fingerprint density at radius 1 is 1.44 bits per heavy atom. The van der Waals surface area contributed by atoms with E-state index in [4.69, 9.17) is 5.73 Å². The van der Waals surface area contributed by atoms with Gasteiger partial charge in [-0.3, -0.25) is 4.79 Å². The summed E-state index contributed by atoms with van der Waals surface area (Å²) in [4.78, 5) is 12.1. The number of rotatable bonds is 6. The van der Waals surface area contributed by atoms with Gasteiger partial charge in [-0.25, -0.2) is 0 Å². The molecule has 1 rings (SSSR count). The molecule has 0 aliphatic heterocycles. The molecule has 106 valence electrons. The molecule has 3 N–H and O–H groups in total. The minimum atomic E-state index is -0.709. The van der Waals surface area contributed by atoms with Gasteiger partial charge in [-0.05, 0) is 38.4 Å². The second kappa shape index (κ2) is 7.39. The van der Waals surface area contributed by atoms with E-state index in [9.17, 15) is 4.79 Å². The molecule has 3 atom stereocenters. The molecule has 1 amide bonds. The smallest absolute Gasteiger partial charge is 0.240 e. The summed E-state index contributed by atoms with van der Waals surface area (Å²) in [5, 5.41) is 3.87. The molecule has 0 radical (unpaired) electrons. The first-order valence-electron chi connectivity index (χ1n) is 7.21. The maximum absolute atomic E-state index is 12.1. The molecule has 3 nitrogen and oxygen atoms in total. The van der Waals surface area contributed by atoms with Crippen molar-refractivity contribution in [1.29, 1.82) is 0 Å². The first-order chi connectivity index (χ1) is 8.49. The summed E-state index contributed by atoms with van der Waals surface area (Å²) in [5.41, 5.74) is 5.36. The number of nitrogens with two attached hydrogens (primary N) is 1. The lowest BCUT2D eigenvalue weighted by molar-refractivity contribution is -0.127. The third-order valence-corrected chi connectivity index (χ3v) is 4.88. The van der Waals surface area contributed by atoms with Gasteiger partial charge in [0.25, 0.3) is 0 Å². The second-order valence-corrected chi connectivity index (χ2v) is 7.16. The normalized spacial score (nSPS) is 27.6. The Morgan fingerprint density at radius 2 is 2.17 bits per heavy atom. The summed E-state index contributed by atoms with van der Waals surface area (Å²) in [7, 11) is 0. The Labute approximate surface area is 116 Å². The van der Waals surface area contributed by atoms with Crippen LogP contribution in [0.15, 0.2) is 0 Å². The van der Waals surface area contributed by atoms with Crippen molar-refractivity contribution in [2.75, 3.05) is 5.75 Å². The molecule has 0 bridgehead atoms. The van der Waals surface area contributed by atoms with Crippen molar-refractivity contribution < 1.29 is 4.79 Å². The largest absolute Gasteiger partial charge is 0.352 e. The van der Waals surface area contributed by atoms with Gasteiger partial charge in [0.15, 0.2) is 0 Å². The molecular formula is C14H28N2OS. The van der Waals surface area contributed by atoms with E-state index in [-0.39, 0.29) is 5.91 Å². The lowest BCUT2D eigenvalue weighted by atomic mass is 9.92. The van der Waals surface area contributed by atoms with Crippen LogP contribution >= 0.6 is 11.8 Å². The Kier molecular flexibility index (Phi) is 6.50. The summed E-state index contributed by atoms with van der Waals surface area (Å²) in [6, 6.07) is 0.329. The molecule has 0 heterocycles. The maximum atomic E-state index is 12.1. The Bertz CT molecular complexity index is 267. The van der Waals surface area contributed by atoms with Gasteiger partial charge >= 0.3 is 0 Å². The molecule has 0 spiro atoms. The fraction of sp³-hybridized carbons (Fsp3) is 0.929. The topological polar surface area (TPSA) is 55.1 Å². The monoisotopic (exact) mass is 272 g/mol. The van der Waals surface area contributed by atoms with Crippen molar-refractivity contribution in [2.45, 2.75) is 76.1 Å². The van der Waals surface area contributed by atoms with Crippen LogP contribution in [-0.2, 0) is 4.79 Å². The van der Waals surface area contributed by atoms with Gasteiger partial charge in [0, 0.05) is 11.3 Å². The van der Waals surface area contributed by atoms with Gasteiger partial charge in [0.05, 0.1) is 5.54 Å². The van der Waals surface area contributed by atoms with Crippen LogP contribution in [0.2, 0.25) is 0 Å². The van der Waals surface area contributed by atoms with Crippen LogP contribution in [0.1, 0.15) is 59.3 Å². The van der Waals surface area contributed by atoms with E-state index in [0.29, 0.717) is 11.3 Å². The van der Waals surface area contributed by atoms with Gasteiger partial charge in [-0.15, -0.1) is 0 Å². The van der Waals surface area contributed by atoms with E-state index in [1.807, 2.05) is 18.7 Å². The Morgan fingerprint density at radius 3 is 2.78 bits per heavy atom. The standard InChI is InChI=1S/C14H28N2OS/c1-4-9-14(3,15)13(17)16-11-7-6-8-12(10-11)18-5-2/h11-12H,4-10,15H2,1-3H3,(H,16,17). The summed E-state index contributed by atoms with van der Waals surface area (Å²) >= 11 is 2.02. The van der Waals surface area contributed by atoms with Gasteiger partial charge in [-0.1, -0.05) is 26.7 Å². The quantitative estimate of drug-likeness (QED) is 0.781. The molecule has 1 aliphatic rings. The van der Waals surface area contributed by atoms with E-state index < -0.39 is 5.54 Å². The van der Waals surface area contributed by atoms with Crippen LogP contribution in [0.3, 0.4) is 0 Å². The number of thioether (sulfide) groups is 1. The lowest BCUT2D eigenvalue weighted by Gasteiger charge is -2.32. The average Bonchev–Trinajstić information content (AvgIpc) is 2.29. The summed E-state index contributed by atoms with van der Waals surface area (Å²) in [6.45, 7) is 6.10. The number of carbonyl (C=O) groups excluding carboxylic acids is 1. The van der Waals surface area contributed by atoms with Crippen LogP contribution < -0.4 is 11.1 Å². The summed E-state index contributed by atoms with van der Waals surface area (Å²) in [5.74, 6) is 1.19. The Balaban J connectivity index is 2.44. The van der Waals surface area contributed by atoms with Gasteiger partial charge < -0.3 is 11.1 Å². The van der Waals surface area contributed by atoms with Crippen LogP contribution in [0.5, 0.6) is 0 Å². The fourth-order valence-electron chi connectivity index (χ4n) is 2.65. The zero-order valence-corrected chi connectivity index (χ0v) is 12.8. The summed E-state index contributed by atoms with van der Waals surface area (Å²) < 4.78 is 0. The van der Waals surface area contributed by atoms with Crippen LogP contribution in [0, 0.1) is 0 Å². The molecule has 0 aromatic heterocycles. The van der Waals surface area contributed by atoms with Gasteiger partial charge in [-0.2, -0.15) is 11.8 Å². The van der Waals surface area contributed by atoms with E-state index in [1.54, 1.807) is 0 Å². The molecule has 1 fully saturated rings. The highest BCUT2D eigenvalue weighted by Gasteiger charge is 2.30. The highest BCUT2D eigenvalue weighted by Crippen LogP contribution is 2.28. The number of nitrogens with one attached hydrogen (secondary N) is 1. The molecule has 1 saturated carbocycles. The third-order valence-electron chi connectivity index (χ3n) is 3.65. The van der Waals surface area contributed by atoms with Gasteiger partial charge in [0.1, 0.15) is 0 Å². The molecule has 18 heavy (non-hydrogen) atoms. The van der Waals surface area contributed by atoms with Crippen molar-refractivity contribution in [3.8, 4) is 0 Å². The summed E-state index contributed by atoms with van der Waals surface area (Å²) in [6.07, 6.45) is 6.41. The minimum absolute atomic E-state index is 0.0245. The maximum Gasteiger partial charge on any atom is 0.240 e.